The van der Waals surface area contributed by atoms with E-state index < -0.39 is 11.8 Å². The SMILES string of the molecule is CCCN1CCN(CCN=[N+]=[N-])C(=O)C1=O. The summed E-state index contributed by atoms with van der Waals surface area (Å²) in [6.45, 7) is 4.19. The van der Waals surface area contributed by atoms with Crippen molar-refractivity contribution in [3.8, 4) is 0 Å². The van der Waals surface area contributed by atoms with E-state index in [9.17, 15) is 9.59 Å². The second kappa shape index (κ2) is 5.97. The van der Waals surface area contributed by atoms with Gasteiger partial charge in [-0.25, -0.2) is 0 Å². The molecule has 0 aromatic heterocycles. The predicted molar refractivity (Wildman–Crippen MR) is 57.5 cm³/mol. The molecule has 1 aliphatic heterocycles. The monoisotopic (exact) mass is 225 g/mol. The molecule has 0 radical (unpaired) electrons. The van der Waals surface area contributed by atoms with Crippen molar-refractivity contribution < 1.29 is 9.59 Å². The van der Waals surface area contributed by atoms with Crippen LogP contribution in [-0.2, 0) is 9.59 Å². The molecule has 0 spiro atoms. The van der Waals surface area contributed by atoms with Gasteiger partial charge in [0.1, 0.15) is 0 Å². The van der Waals surface area contributed by atoms with Crippen molar-refractivity contribution in [2.24, 2.45) is 5.11 Å². The van der Waals surface area contributed by atoms with E-state index in [0.29, 0.717) is 26.2 Å². The molecular formula is C9H15N5O2. The first kappa shape index (κ1) is 12.3. The maximum atomic E-state index is 11.6. The lowest BCUT2D eigenvalue weighted by Crippen LogP contribution is -2.54. The summed E-state index contributed by atoms with van der Waals surface area (Å²) in [5, 5.41) is 3.34. The van der Waals surface area contributed by atoms with E-state index in [0.717, 1.165) is 6.42 Å². The molecule has 88 valence electrons. The Hall–Kier alpha value is -1.75. The van der Waals surface area contributed by atoms with Crippen LogP contribution < -0.4 is 0 Å². The highest BCUT2D eigenvalue weighted by atomic mass is 16.2. The summed E-state index contributed by atoms with van der Waals surface area (Å²) >= 11 is 0. The maximum Gasteiger partial charge on any atom is 0.312 e. The Morgan fingerprint density at radius 1 is 1.25 bits per heavy atom. The quantitative estimate of drug-likeness (QED) is 0.293. The van der Waals surface area contributed by atoms with Crippen molar-refractivity contribution in [1.82, 2.24) is 9.80 Å². The van der Waals surface area contributed by atoms with Gasteiger partial charge in [0.05, 0.1) is 0 Å². The van der Waals surface area contributed by atoms with Crippen LogP contribution in [0.4, 0.5) is 0 Å². The van der Waals surface area contributed by atoms with Gasteiger partial charge in [0.15, 0.2) is 0 Å². The highest BCUT2D eigenvalue weighted by molar-refractivity contribution is 6.35. The minimum atomic E-state index is -0.493. The van der Waals surface area contributed by atoms with Gasteiger partial charge in [-0.05, 0) is 12.0 Å². The van der Waals surface area contributed by atoms with Crippen molar-refractivity contribution in [2.75, 3.05) is 32.7 Å². The van der Waals surface area contributed by atoms with E-state index >= 15 is 0 Å². The number of hydrogen-bond donors (Lipinski definition) is 0. The van der Waals surface area contributed by atoms with E-state index in [1.54, 1.807) is 4.90 Å². The van der Waals surface area contributed by atoms with Crippen molar-refractivity contribution in [1.29, 1.82) is 0 Å². The van der Waals surface area contributed by atoms with Gasteiger partial charge in [-0.1, -0.05) is 12.0 Å². The highest BCUT2D eigenvalue weighted by Gasteiger charge is 2.31. The molecule has 1 aliphatic rings. The number of nitrogens with zero attached hydrogens (tertiary/aromatic N) is 5. The third-order valence-corrected chi connectivity index (χ3v) is 2.42. The van der Waals surface area contributed by atoms with Gasteiger partial charge >= 0.3 is 11.8 Å². The molecule has 0 saturated carbocycles. The molecule has 0 aromatic rings. The van der Waals surface area contributed by atoms with Gasteiger partial charge in [0, 0.05) is 37.6 Å². The Morgan fingerprint density at radius 2 is 1.81 bits per heavy atom. The Balaban J connectivity index is 2.51. The standard InChI is InChI=1S/C9H15N5O2/c1-2-4-13-6-7-14(5-3-11-12-10)9(16)8(13)15/h2-7H2,1H3. The zero-order valence-corrected chi connectivity index (χ0v) is 9.30. The van der Waals surface area contributed by atoms with Crippen molar-refractivity contribution in [3.05, 3.63) is 10.4 Å². The molecule has 0 atom stereocenters. The van der Waals surface area contributed by atoms with Crippen LogP contribution in [0.3, 0.4) is 0 Å². The lowest BCUT2D eigenvalue weighted by molar-refractivity contribution is -0.155. The lowest BCUT2D eigenvalue weighted by Gasteiger charge is -2.33. The summed E-state index contributed by atoms with van der Waals surface area (Å²) in [4.78, 5) is 28.8. The molecule has 7 heteroatoms. The van der Waals surface area contributed by atoms with Crippen molar-refractivity contribution >= 4 is 11.8 Å². The molecule has 1 rings (SSSR count). The fourth-order valence-electron chi connectivity index (χ4n) is 1.62. The van der Waals surface area contributed by atoms with Gasteiger partial charge in [0.2, 0.25) is 0 Å². The van der Waals surface area contributed by atoms with Crippen LogP contribution >= 0.6 is 0 Å². The van der Waals surface area contributed by atoms with E-state index in [2.05, 4.69) is 10.0 Å². The number of carbonyl (C=O) groups excluding carboxylic acids is 2. The predicted octanol–water partition coefficient (Wildman–Crippen LogP) is 0.377. The van der Waals surface area contributed by atoms with E-state index in [4.69, 9.17) is 5.53 Å². The largest absolute Gasteiger partial charge is 0.333 e. The van der Waals surface area contributed by atoms with Gasteiger partial charge in [-0.2, -0.15) is 0 Å². The summed E-state index contributed by atoms with van der Waals surface area (Å²) in [5.74, 6) is -0.943. The van der Waals surface area contributed by atoms with Crippen LogP contribution in [-0.4, -0.2) is 54.3 Å². The van der Waals surface area contributed by atoms with E-state index in [1.165, 1.54) is 4.90 Å². The first-order valence-corrected chi connectivity index (χ1v) is 5.29. The molecule has 1 saturated heterocycles. The third kappa shape index (κ3) is 2.87. The van der Waals surface area contributed by atoms with Crippen molar-refractivity contribution in [2.45, 2.75) is 13.3 Å². The topological polar surface area (TPSA) is 89.4 Å². The molecule has 7 nitrogen and oxygen atoms in total. The number of carbonyl (C=O) groups is 2. The summed E-state index contributed by atoms with van der Waals surface area (Å²) in [6, 6.07) is 0. The van der Waals surface area contributed by atoms with Gasteiger partial charge in [-0.15, -0.1) is 0 Å². The number of rotatable bonds is 5. The number of amides is 2. The van der Waals surface area contributed by atoms with Crippen LogP contribution in [0.5, 0.6) is 0 Å². The molecule has 2 amide bonds. The molecule has 16 heavy (non-hydrogen) atoms. The molecule has 1 fully saturated rings. The zero-order chi connectivity index (χ0) is 12.0. The summed E-state index contributed by atoms with van der Waals surface area (Å²) in [6.07, 6.45) is 0.845. The Morgan fingerprint density at radius 3 is 2.31 bits per heavy atom. The Kier molecular flexibility index (Phi) is 4.60. The van der Waals surface area contributed by atoms with E-state index in [-0.39, 0.29) is 6.54 Å². The molecule has 0 bridgehead atoms. The average molecular weight is 225 g/mol. The molecule has 0 aromatic carbocycles. The fraction of sp³-hybridized carbons (Fsp3) is 0.778. The second-order valence-corrected chi connectivity index (χ2v) is 3.54. The van der Waals surface area contributed by atoms with Gasteiger partial charge in [0.25, 0.3) is 0 Å². The highest BCUT2D eigenvalue weighted by Crippen LogP contribution is 2.05. The second-order valence-electron chi connectivity index (χ2n) is 3.54. The zero-order valence-electron chi connectivity index (χ0n) is 9.30. The van der Waals surface area contributed by atoms with Gasteiger partial charge < -0.3 is 9.80 Å². The van der Waals surface area contributed by atoms with Crippen LogP contribution in [0, 0.1) is 0 Å². The van der Waals surface area contributed by atoms with Crippen LogP contribution in [0.1, 0.15) is 13.3 Å². The van der Waals surface area contributed by atoms with Crippen molar-refractivity contribution in [3.63, 3.8) is 0 Å². The van der Waals surface area contributed by atoms with E-state index in [1.807, 2.05) is 6.92 Å². The van der Waals surface area contributed by atoms with Crippen LogP contribution in [0.25, 0.3) is 10.4 Å². The molecular weight excluding hydrogens is 210 g/mol. The minimum Gasteiger partial charge on any atom is -0.333 e. The molecule has 1 heterocycles. The Labute approximate surface area is 93.6 Å². The fourth-order valence-corrected chi connectivity index (χ4v) is 1.62. The van der Waals surface area contributed by atoms with Gasteiger partial charge in [-0.3, -0.25) is 9.59 Å². The maximum absolute atomic E-state index is 11.6. The lowest BCUT2D eigenvalue weighted by atomic mass is 10.2. The number of azide groups is 1. The average Bonchev–Trinajstić information content (AvgIpc) is 2.28. The summed E-state index contributed by atoms with van der Waals surface area (Å²) < 4.78 is 0. The normalized spacial score (nSPS) is 16.3. The number of piperazine rings is 1. The third-order valence-electron chi connectivity index (χ3n) is 2.42. The first-order chi connectivity index (χ1) is 7.70. The minimum absolute atomic E-state index is 0.212. The van der Waals surface area contributed by atoms with Crippen LogP contribution in [0.15, 0.2) is 5.11 Å². The first-order valence-electron chi connectivity index (χ1n) is 5.29. The number of hydrogen-bond acceptors (Lipinski definition) is 3. The Bertz CT molecular complexity index is 324. The molecule has 0 N–H and O–H groups in total. The molecule has 0 unspecified atom stereocenters. The summed E-state index contributed by atoms with van der Waals surface area (Å²) in [7, 11) is 0. The summed E-state index contributed by atoms with van der Waals surface area (Å²) in [5.41, 5.74) is 8.11. The smallest absolute Gasteiger partial charge is 0.312 e. The molecule has 0 aliphatic carbocycles. The van der Waals surface area contributed by atoms with Crippen LogP contribution in [0.2, 0.25) is 0 Å².